The third-order valence-electron chi connectivity index (χ3n) is 3.97. The van der Waals surface area contributed by atoms with Gasteiger partial charge < -0.3 is 4.74 Å². The standard InChI is InChI=1S/C20H21N5O/c1-13(2)7-9-26-18-5-4-15(11-17(18)12-21)19-23-20(25-24-19)16-6-8-22-14(3)10-16/h4-6,8,10-11,13H,7,9H2,1-3H3,(H,23,24,25). The molecule has 1 aromatic carbocycles. The van der Waals surface area contributed by atoms with E-state index in [4.69, 9.17) is 4.74 Å². The Balaban J connectivity index is 1.83. The highest BCUT2D eigenvalue weighted by molar-refractivity contribution is 5.64. The lowest BCUT2D eigenvalue weighted by molar-refractivity contribution is 0.289. The number of benzene rings is 1. The molecule has 0 bridgehead atoms. The second-order valence-electron chi connectivity index (χ2n) is 6.55. The molecule has 2 aromatic heterocycles. The van der Waals surface area contributed by atoms with Crippen molar-refractivity contribution < 1.29 is 4.74 Å². The second-order valence-corrected chi connectivity index (χ2v) is 6.55. The van der Waals surface area contributed by atoms with Crippen molar-refractivity contribution in [3.8, 4) is 34.6 Å². The van der Waals surface area contributed by atoms with Gasteiger partial charge in [0.15, 0.2) is 11.6 Å². The first-order chi connectivity index (χ1) is 12.6. The molecule has 0 atom stereocenters. The number of pyridine rings is 1. The molecule has 0 aliphatic rings. The van der Waals surface area contributed by atoms with Gasteiger partial charge in [0.25, 0.3) is 0 Å². The summed E-state index contributed by atoms with van der Waals surface area (Å²) < 4.78 is 5.74. The largest absolute Gasteiger partial charge is 0.492 e. The number of aromatic amines is 1. The second kappa shape index (κ2) is 7.79. The van der Waals surface area contributed by atoms with Gasteiger partial charge in [-0.3, -0.25) is 10.1 Å². The molecule has 6 nitrogen and oxygen atoms in total. The van der Waals surface area contributed by atoms with Crippen molar-refractivity contribution in [2.75, 3.05) is 6.61 Å². The fraction of sp³-hybridized carbons (Fsp3) is 0.300. The average Bonchev–Trinajstić information content (AvgIpc) is 3.12. The molecule has 0 radical (unpaired) electrons. The first-order valence-electron chi connectivity index (χ1n) is 8.59. The van der Waals surface area contributed by atoms with Crippen molar-refractivity contribution in [3.63, 3.8) is 0 Å². The summed E-state index contributed by atoms with van der Waals surface area (Å²) in [5.41, 5.74) is 3.09. The van der Waals surface area contributed by atoms with Crippen LogP contribution in [0.5, 0.6) is 5.75 Å². The molecule has 2 heterocycles. The minimum atomic E-state index is 0.490. The van der Waals surface area contributed by atoms with Crippen LogP contribution in [-0.4, -0.2) is 26.8 Å². The zero-order chi connectivity index (χ0) is 18.5. The average molecular weight is 347 g/mol. The van der Waals surface area contributed by atoms with Gasteiger partial charge >= 0.3 is 0 Å². The van der Waals surface area contributed by atoms with Gasteiger partial charge in [0.05, 0.1) is 12.2 Å². The Morgan fingerprint density at radius 1 is 1.19 bits per heavy atom. The maximum Gasteiger partial charge on any atom is 0.181 e. The smallest absolute Gasteiger partial charge is 0.181 e. The lowest BCUT2D eigenvalue weighted by Crippen LogP contribution is -2.02. The molecule has 0 amide bonds. The summed E-state index contributed by atoms with van der Waals surface area (Å²) in [7, 11) is 0. The molecule has 0 aliphatic carbocycles. The van der Waals surface area contributed by atoms with E-state index < -0.39 is 0 Å². The highest BCUT2D eigenvalue weighted by atomic mass is 16.5. The van der Waals surface area contributed by atoms with Crippen molar-refractivity contribution in [2.24, 2.45) is 5.92 Å². The van der Waals surface area contributed by atoms with Crippen LogP contribution in [-0.2, 0) is 0 Å². The highest BCUT2D eigenvalue weighted by Crippen LogP contribution is 2.26. The fourth-order valence-corrected chi connectivity index (χ4v) is 2.50. The van der Waals surface area contributed by atoms with Gasteiger partial charge in [0, 0.05) is 23.0 Å². The number of nitrogens with one attached hydrogen (secondary N) is 1. The maximum absolute atomic E-state index is 9.43. The predicted molar refractivity (Wildman–Crippen MR) is 99.5 cm³/mol. The van der Waals surface area contributed by atoms with Crippen LogP contribution in [0.15, 0.2) is 36.5 Å². The number of H-pyrrole nitrogens is 1. The van der Waals surface area contributed by atoms with Crippen LogP contribution in [0.2, 0.25) is 0 Å². The molecular weight excluding hydrogens is 326 g/mol. The Bertz CT molecular complexity index is 939. The van der Waals surface area contributed by atoms with Gasteiger partial charge in [0.2, 0.25) is 0 Å². The van der Waals surface area contributed by atoms with Crippen LogP contribution in [0.25, 0.3) is 22.8 Å². The summed E-state index contributed by atoms with van der Waals surface area (Å²) >= 11 is 0. The van der Waals surface area contributed by atoms with Gasteiger partial charge in [-0.05, 0) is 49.6 Å². The van der Waals surface area contributed by atoms with Crippen LogP contribution in [0.4, 0.5) is 0 Å². The summed E-state index contributed by atoms with van der Waals surface area (Å²) in [6.07, 6.45) is 2.68. The van der Waals surface area contributed by atoms with Crippen molar-refractivity contribution in [1.29, 1.82) is 5.26 Å². The van der Waals surface area contributed by atoms with Crippen LogP contribution >= 0.6 is 0 Å². The summed E-state index contributed by atoms with van der Waals surface area (Å²) in [6, 6.07) is 11.5. The number of nitrogens with zero attached hydrogens (tertiary/aromatic N) is 4. The summed E-state index contributed by atoms with van der Waals surface area (Å²) in [4.78, 5) is 8.72. The first-order valence-corrected chi connectivity index (χ1v) is 8.59. The lowest BCUT2D eigenvalue weighted by atomic mass is 10.1. The molecule has 1 N–H and O–H groups in total. The topological polar surface area (TPSA) is 87.5 Å². The van der Waals surface area contributed by atoms with E-state index in [0.717, 1.165) is 23.2 Å². The van der Waals surface area contributed by atoms with Crippen LogP contribution < -0.4 is 4.74 Å². The fourth-order valence-electron chi connectivity index (χ4n) is 2.50. The SMILES string of the molecule is Cc1cc(-c2n[nH]c(-c3ccc(OCCC(C)C)c(C#N)c3)n2)ccn1. The number of hydrogen-bond donors (Lipinski definition) is 1. The Morgan fingerprint density at radius 2 is 2.04 bits per heavy atom. The van der Waals surface area contributed by atoms with E-state index in [1.807, 2.05) is 31.2 Å². The predicted octanol–water partition coefficient (Wildman–Crippen LogP) is 4.14. The molecule has 6 heteroatoms. The van der Waals surface area contributed by atoms with Gasteiger partial charge in [-0.2, -0.15) is 10.4 Å². The number of hydrogen-bond acceptors (Lipinski definition) is 5. The van der Waals surface area contributed by atoms with E-state index in [0.29, 0.717) is 35.5 Å². The number of rotatable bonds is 6. The number of ether oxygens (including phenoxy) is 1. The zero-order valence-electron chi connectivity index (χ0n) is 15.2. The Labute approximate surface area is 152 Å². The van der Waals surface area contributed by atoms with Crippen LogP contribution in [0.1, 0.15) is 31.5 Å². The minimum Gasteiger partial charge on any atom is -0.492 e. The molecule has 132 valence electrons. The molecule has 0 fully saturated rings. The van der Waals surface area contributed by atoms with E-state index in [-0.39, 0.29) is 0 Å². The molecule has 0 aliphatic heterocycles. The quantitative estimate of drug-likeness (QED) is 0.724. The third kappa shape index (κ3) is 4.06. The van der Waals surface area contributed by atoms with Crippen molar-refractivity contribution in [2.45, 2.75) is 27.2 Å². The summed E-state index contributed by atoms with van der Waals surface area (Å²) in [5, 5.41) is 16.6. The monoisotopic (exact) mass is 347 g/mol. The Morgan fingerprint density at radius 3 is 2.77 bits per heavy atom. The summed E-state index contributed by atoms with van der Waals surface area (Å²) in [5.74, 6) is 2.37. The number of nitriles is 1. The van der Waals surface area contributed by atoms with Crippen molar-refractivity contribution in [1.82, 2.24) is 20.2 Å². The first kappa shape index (κ1) is 17.6. The molecule has 3 rings (SSSR count). The maximum atomic E-state index is 9.43. The normalized spacial score (nSPS) is 10.7. The Hall–Kier alpha value is -3.20. The van der Waals surface area contributed by atoms with Crippen LogP contribution in [0.3, 0.4) is 0 Å². The van der Waals surface area contributed by atoms with E-state index in [2.05, 4.69) is 40.1 Å². The molecule has 3 aromatic rings. The molecule has 0 saturated carbocycles. The molecular formula is C20H21N5O. The summed E-state index contributed by atoms with van der Waals surface area (Å²) in [6.45, 7) is 6.81. The van der Waals surface area contributed by atoms with Crippen molar-refractivity contribution >= 4 is 0 Å². The van der Waals surface area contributed by atoms with Crippen molar-refractivity contribution in [3.05, 3.63) is 47.8 Å². The van der Waals surface area contributed by atoms with Gasteiger partial charge in [-0.15, -0.1) is 0 Å². The molecule has 0 spiro atoms. The highest BCUT2D eigenvalue weighted by Gasteiger charge is 2.11. The van der Waals surface area contributed by atoms with Gasteiger partial charge in [-0.1, -0.05) is 13.8 Å². The van der Waals surface area contributed by atoms with E-state index in [1.54, 1.807) is 12.3 Å². The van der Waals surface area contributed by atoms with E-state index in [1.165, 1.54) is 0 Å². The van der Waals surface area contributed by atoms with E-state index in [9.17, 15) is 5.26 Å². The third-order valence-corrected chi connectivity index (χ3v) is 3.97. The minimum absolute atomic E-state index is 0.490. The van der Waals surface area contributed by atoms with Crippen LogP contribution in [0, 0.1) is 24.2 Å². The van der Waals surface area contributed by atoms with Gasteiger partial charge in [0.1, 0.15) is 11.8 Å². The lowest BCUT2D eigenvalue weighted by Gasteiger charge is -2.10. The Kier molecular flexibility index (Phi) is 5.28. The number of aromatic nitrogens is 4. The zero-order valence-corrected chi connectivity index (χ0v) is 15.2. The molecule has 0 saturated heterocycles. The number of aryl methyl sites for hydroxylation is 1. The molecule has 26 heavy (non-hydrogen) atoms. The molecule has 0 unspecified atom stereocenters. The van der Waals surface area contributed by atoms with Gasteiger partial charge in [-0.25, -0.2) is 4.98 Å². The van der Waals surface area contributed by atoms with E-state index >= 15 is 0 Å².